The predicted molar refractivity (Wildman–Crippen MR) is 67.7 cm³/mol. The fraction of sp³-hybridized carbons (Fsp3) is 0.929. The Morgan fingerprint density at radius 1 is 1.18 bits per heavy atom. The molecule has 1 heterocycles. The molecule has 3 heteroatoms. The van der Waals surface area contributed by atoms with Crippen LogP contribution in [0.1, 0.15) is 46.5 Å². The molecule has 2 atom stereocenters. The normalized spacial score (nSPS) is 30.8. The summed E-state index contributed by atoms with van der Waals surface area (Å²) in [6, 6.07) is 0. The van der Waals surface area contributed by atoms with Gasteiger partial charge in [-0.15, -0.1) is 0 Å². The molecule has 0 unspecified atom stereocenters. The minimum absolute atomic E-state index is 0.000556. The first kappa shape index (κ1) is 12.9. The first-order valence-electron chi connectivity index (χ1n) is 6.91. The second-order valence-corrected chi connectivity index (χ2v) is 6.51. The van der Waals surface area contributed by atoms with E-state index in [4.69, 9.17) is 4.74 Å². The lowest BCUT2D eigenvalue weighted by molar-refractivity contribution is -0.161. The maximum atomic E-state index is 12.2. The molecule has 98 valence electrons. The summed E-state index contributed by atoms with van der Waals surface area (Å²) in [4.78, 5) is 12.2. The Kier molecular flexibility index (Phi) is 3.76. The van der Waals surface area contributed by atoms with E-state index >= 15 is 0 Å². The highest BCUT2D eigenvalue weighted by Gasteiger charge is 2.40. The molecule has 2 fully saturated rings. The first-order chi connectivity index (χ1) is 7.97. The van der Waals surface area contributed by atoms with Crippen molar-refractivity contribution in [3.8, 4) is 0 Å². The molecule has 1 saturated carbocycles. The van der Waals surface area contributed by atoms with Gasteiger partial charge in [0.25, 0.3) is 0 Å². The van der Waals surface area contributed by atoms with Crippen molar-refractivity contribution >= 4 is 5.97 Å². The lowest BCUT2D eigenvalue weighted by Crippen LogP contribution is -2.34. The summed E-state index contributed by atoms with van der Waals surface area (Å²) < 4.78 is 5.53. The average molecular weight is 239 g/mol. The van der Waals surface area contributed by atoms with E-state index in [1.165, 1.54) is 25.7 Å². The molecule has 1 aliphatic carbocycles. The molecule has 3 nitrogen and oxygen atoms in total. The number of carbonyl (C=O) groups excluding carboxylic acids is 1. The molecule has 1 aliphatic heterocycles. The third kappa shape index (κ3) is 3.21. The van der Waals surface area contributed by atoms with Crippen LogP contribution in [0.15, 0.2) is 0 Å². The molecule has 1 saturated heterocycles. The van der Waals surface area contributed by atoms with Crippen molar-refractivity contribution in [1.29, 1.82) is 0 Å². The predicted octanol–water partition coefficient (Wildman–Crippen LogP) is 2.35. The third-order valence-corrected chi connectivity index (χ3v) is 3.98. The summed E-state index contributed by atoms with van der Waals surface area (Å²) in [5, 5.41) is 3.37. The Hall–Kier alpha value is -0.570. The molecule has 2 aliphatic rings. The van der Waals surface area contributed by atoms with E-state index in [9.17, 15) is 4.79 Å². The van der Waals surface area contributed by atoms with E-state index in [2.05, 4.69) is 5.32 Å². The van der Waals surface area contributed by atoms with E-state index in [-0.39, 0.29) is 17.5 Å². The van der Waals surface area contributed by atoms with Gasteiger partial charge in [0, 0.05) is 6.54 Å². The van der Waals surface area contributed by atoms with Gasteiger partial charge in [-0.3, -0.25) is 4.79 Å². The van der Waals surface area contributed by atoms with Crippen molar-refractivity contribution in [3.63, 3.8) is 0 Å². The molecule has 1 N–H and O–H groups in total. The van der Waals surface area contributed by atoms with E-state index in [1.54, 1.807) is 0 Å². The molecule has 0 aromatic heterocycles. The number of nitrogens with one attached hydrogen (secondary N) is 1. The number of esters is 1. The molecule has 0 aromatic rings. The largest absolute Gasteiger partial charge is 0.460 e. The van der Waals surface area contributed by atoms with Crippen LogP contribution in [0.25, 0.3) is 0 Å². The van der Waals surface area contributed by atoms with Gasteiger partial charge in [-0.2, -0.15) is 0 Å². The molecule has 0 radical (unpaired) electrons. The van der Waals surface area contributed by atoms with Gasteiger partial charge in [0.1, 0.15) is 5.60 Å². The zero-order valence-corrected chi connectivity index (χ0v) is 11.3. The number of ether oxygens (including phenoxy) is 1. The summed E-state index contributed by atoms with van der Waals surface area (Å²) in [6.45, 7) is 7.62. The SMILES string of the molecule is CC(C)(C)OC(=O)[C@@H]1CNC[C@H]1C1CCCC1. The van der Waals surface area contributed by atoms with Crippen LogP contribution in [-0.4, -0.2) is 24.7 Å². The minimum atomic E-state index is -0.361. The van der Waals surface area contributed by atoms with Gasteiger partial charge in [-0.1, -0.05) is 25.7 Å². The monoisotopic (exact) mass is 239 g/mol. The molecule has 2 rings (SSSR count). The third-order valence-electron chi connectivity index (χ3n) is 3.98. The van der Waals surface area contributed by atoms with Crippen molar-refractivity contribution in [3.05, 3.63) is 0 Å². The van der Waals surface area contributed by atoms with E-state index in [0.717, 1.165) is 19.0 Å². The number of hydrogen-bond donors (Lipinski definition) is 1. The number of rotatable bonds is 2. The highest BCUT2D eigenvalue weighted by Crippen LogP contribution is 2.37. The van der Waals surface area contributed by atoms with E-state index < -0.39 is 0 Å². The highest BCUT2D eigenvalue weighted by molar-refractivity contribution is 5.74. The molecule has 0 aromatic carbocycles. The van der Waals surface area contributed by atoms with Gasteiger partial charge in [0.05, 0.1) is 5.92 Å². The fourth-order valence-electron chi connectivity index (χ4n) is 3.22. The van der Waals surface area contributed by atoms with Crippen molar-refractivity contribution < 1.29 is 9.53 Å². The van der Waals surface area contributed by atoms with E-state index in [1.807, 2.05) is 20.8 Å². The smallest absolute Gasteiger partial charge is 0.311 e. The quantitative estimate of drug-likeness (QED) is 0.752. The standard InChI is InChI=1S/C14H25NO2/c1-14(2,3)17-13(16)12-9-15-8-11(12)10-6-4-5-7-10/h10-12,15H,4-9H2,1-3H3/t11-,12+/m0/s1. The van der Waals surface area contributed by atoms with Crippen LogP contribution < -0.4 is 5.32 Å². The molecule has 0 spiro atoms. The highest BCUT2D eigenvalue weighted by atomic mass is 16.6. The topological polar surface area (TPSA) is 38.3 Å². The van der Waals surface area contributed by atoms with Crippen LogP contribution in [0.3, 0.4) is 0 Å². The van der Waals surface area contributed by atoms with Gasteiger partial charge in [0.15, 0.2) is 0 Å². The average Bonchev–Trinajstić information content (AvgIpc) is 2.85. The first-order valence-corrected chi connectivity index (χ1v) is 6.91. The lowest BCUT2D eigenvalue weighted by Gasteiger charge is -2.27. The van der Waals surface area contributed by atoms with E-state index in [0.29, 0.717) is 5.92 Å². The maximum Gasteiger partial charge on any atom is 0.311 e. The van der Waals surface area contributed by atoms with Crippen molar-refractivity contribution in [2.24, 2.45) is 17.8 Å². The van der Waals surface area contributed by atoms with Crippen LogP contribution >= 0.6 is 0 Å². The van der Waals surface area contributed by atoms with Crippen LogP contribution in [0.4, 0.5) is 0 Å². The summed E-state index contributed by atoms with van der Waals surface area (Å²) in [5.74, 6) is 1.33. The van der Waals surface area contributed by atoms with Crippen molar-refractivity contribution in [2.45, 2.75) is 52.1 Å². The maximum absolute atomic E-state index is 12.2. The summed E-state index contributed by atoms with van der Waals surface area (Å²) in [6.07, 6.45) is 5.27. The second-order valence-electron chi connectivity index (χ2n) is 6.51. The van der Waals surface area contributed by atoms with Gasteiger partial charge in [0.2, 0.25) is 0 Å². The Bertz CT molecular complexity index is 276. The van der Waals surface area contributed by atoms with Crippen LogP contribution in [0.2, 0.25) is 0 Å². The zero-order chi connectivity index (χ0) is 12.5. The second kappa shape index (κ2) is 4.97. The number of carbonyl (C=O) groups is 1. The van der Waals surface area contributed by atoms with Crippen LogP contribution in [0.5, 0.6) is 0 Å². The van der Waals surface area contributed by atoms with Crippen LogP contribution in [-0.2, 0) is 9.53 Å². The lowest BCUT2D eigenvalue weighted by atomic mass is 9.83. The summed E-state index contributed by atoms with van der Waals surface area (Å²) in [5.41, 5.74) is -0.361. The molecule has 17 heavy (non-hydrogen) atoms. The molecule has 0 bridgehead atoms. The van der Waals surface area contributed by atoms with Gasteiger partial charge < -0.3 is 10.1 Å². The summed E-state index contributed by atoms with van der Waals surface area (Å²) in [7, 11) is 0. The minimum Gasteiger partial charge on any atom is -0.460 e. The molecular weight excluding hydrogens is 214 g/mol. The fourth-order valence-corrected chi connectivity index (χ4v) is 3.22. The van der Waals surface area contributed by atoms with Gasteiger partial charge in [-0.25, -0.2) is 0 Å². The van der Waals surface area contributed by atoms with Gasteiger partial charge >= 0.3 is 5.97 Å². The summed E-state index contributed by atoms with van der Waals surface area (Å²) >= 11 is 0. The zero-order valence-electron chi connectivity index (χ0n) is 11.3. The molecule has 0 amide bonds. The van der Waals surface area contributed by atoms with Gasteiger partial charge in [-0.05, 0) is 39.2 Å². The van der Waals surface area contributed by atoms with Crippen LogP contribution in [0, 0.1) is 17.8 Å². The Labute approximate surface area is 104 Å². The van der Waals surface area contributed by atoms with Crippen molar-refractivity contribution in [1.82, 2.24) is 5.32 Å². The Morgan fingerprint density at radius 3 is 2.41 bits per heavy atom. The number of hydrogen-bond acceptors (Lipinski definition) is 3. The molecular formula is C14H25NO2. The van der Waals surface area contributed by atoms with Crippen molar-refractivity contribution in [2.75, 3.05) is 13.1 Å². The Balaban J connectivity index is 1.96. The Morgan fingerprint density at radius 2 is 1.82 bits per heavy atom.